The molecule has 0 aliphatic heterocycles. The minimum absolute atomic E-state index is 0.00209. The van der Waals surface area contributed by atoms with Crippen LogP contribution in [0.1, 0.15) is 5.56 Å². The van der Waals surface area contributed by atoms with Crippen molar-refractivity contribution in [2.75, 3.05) is 6.26 Å². The van der Waals surface area contributed by atoms with E-state index in [0.29, 0.717) is 10.6 Å². The number of hydrogen-bond donors (Lipinski definition) is 0. The van der Waals surface area contributed by atoms with Gasteiger partial charge in [0.25, 0.3) is 0 Å². The maximum atomic E-state index is 11.0. The quantitative estimate of drug-likeness (QED) is 0.466. The third-order valence-electron chi connectivity index (χ3n) is 2.66. The number of rotatable bonds is 4. The number of nitriles is 1. The Kier molecular flexibility index (Phi) is 4.68. The Morgan fingerprint density at radius 3 is 2.71 bits per heavy atom. The van der Waals surface area contributed by atoms with Gasteiger partial charge in [-0.25, -0.2) is 0 Å². The second-order valence-corrected chi connectivity index (χ2v) is 5.20. The normalized spacial score (nSPS) is 9.95. The molecule has 21 heavy (non-hydrogen) atoms. The number of thioether (sulfide) groups is 1. The van der Waals surface area contributed by atoms with Gasteiger partial charge in [0.05, 0.1) is 4.92 Å². The molecule has 0 atom stereocenters. The van der Waals surface area contributed by atoms with Gasteiger partial charge in [-0.2, -0.15) is 5.26 Å². The Hall–Kier alpha value is -2.23. The molecule has 0 saturated carbocycles. The van der Waals surface area contributed by atoms with E-state index in [1.54, 1.807) is 18.2 Å². The monoisotopic (exact) mass is 320 g/mol. The number of nitro benzene ring substituents is 1. The van der Waals surface area contributed by atoms with Crippen LogP contribution in [0.5, 0.6) is 11.5 Å². The molecular formula is C14H9ClN2O3S. The molecule has 2 aromatic rings. The number of nitrogens with zero attached hydrogens (tertiary/aromatic N) is 2. The van der Waals surface area contributed by atoms with Crippen molar-refractivity contribution in [3.05, 3.63) is 57.1 Å². The molecule has 2 aromatic carbocycles. The van der Waals surface area contributed by atoms with Crippen molar-refractivity contribution in [3.8, 4) is 17.6 Å². The topological polar surface area (TPSA) is 76.2 Å². The molecule has 2 rings (SSSR count). The first-order valence-corrected chi connectivity index (χ1v) is 7.36. The number of halogens is 1. The summed E-state index contributed by atoms with van der Waals surface area (Å²) in [6, 6.07) is 11.2. The fourth-order valence-corrected chi connectivity index (χ4v) is 2.44. The molecule has 0 spiro atoms. The van der Waals surface area contributed by atoms with Crippen LogP contribution in [0.4, 0.5) is 5.69 Å². The number of nitro groups is 1. The van der Waals surface area contributed by atoms with Gasteiger partial charge < -0.3 is 4.74 Å². The van der Waals surface area contributed by atoms with Crippen molar-refractivity contribution < 1.29 is 9.66 Å². The highest BCUT2D eigenvalue weighted by Crippen LogP contribution is 2.37. The molecule has 5 nitrogen and oxygen atoms in total. The Morgan fingerprint density at radius 1 is 1.33 bits per heavy atom. The summed E-state index contributed by atoms with van der Waals surface area (Å²) in [5.41, 5.74) is 0.122. The minimum Gasteiger partial charge on any atom is -0.449 e. The second-order valence-electron chi connectivity index (χ2n) is 3.92. The van der Waals surface area contributed by atoms with E-state index in [1.807, 2.05) is 12.3 Å². The molecule has 0 aromatic heterocycles. The van der Waals surface area contributed by atoms with Crippen molar-refractivity contribution in [3.63, 3.8) is 0 Å². The smallest absolute Gasteiger partial charge is 0.311 e. The highest BCUT2D eigenvalue weighted by Gasteiger charge is 2.18. The van der Waals surface area contributed by atoms with E-state index in [1.165, 1.54) is 30.0 Å². The summed E-state index contributed by atoms with van der Waals surface area (Å²) in [6.45, 7) is 0. The van der Waals surface area contributed by atoms with Crippen LogP contribution < -0.4 is 4.74 Å². The van der Waals surface area contributed by atoms with Gasteiger partial charge in [-0.1, -0.05) is 17.7 Å². The maximum Gasteiger partial charge on any atom is 0.311 e. The zero-order valence-electron chi connectivity index (χ0n) is 10.9. The molecule has 0 fully saturated rings. The van der Waals surface area contributed by atoms with Crippen LogP contribution in [-0.2, 0) is 0 Å². The first kappa shape index (κ1) is 15.2. The predicted molar refractivity (Wildman–Crippen MR) is 81.1 cm³/mol. The van der Waals surface area contributed by atoms with Crippen LogP contribution in [0, 0.1) is 21.4 Å². The Balaban J connectivity index is 2.51. The van der Waals surface area contributed by atoms with Gasteiger partial charge in [0.1, 0.15) is 17.4 Å². The summed E-state index contributed by atoms with van der Waals surface area (Å²) >= 11 is 7.24. The summed E-state index contributed by atoms with van der Waals surface area (Å²) in [5, 5.41) is 20.6. The molecule has 0 unspecified atom stereocenters. The molecule has 0 saturated heterocycles. The predicted octanol–water partition coefficient (Wildman–Crippen LogP) is 4.63. The summed E-state index contributed by atoms with van der Waals surface area (Å²) in [4.78, 5) is 11.2. The van der Waals surface area contributed by atoms with E-state index >= 15 is 0 Å². The molecular weight excluding hydrogens is 312 g/mol. The summed E-state index contributed by atoms with van der Waals surface area (Å²) in [6.07, 6.45) is 1.84. The number of hydrogen-bond acceptors (Lipinski definition) is 5. The number of benzene rings is 2. The highest BCUT2D eigenvalue weighted by atomic mass is 35.5. The van der Waals surface area contributed by atoms with Crippen LogP contribution in [0.25, 0.3) is 0 Å². The standard InChI is InChI=1S/C14H9ClN2O3S/c1-21-14-4-2-3-12(10(14)8-16)20-13-7-9(15)5-6-11(13)17(18)19/h2-7H,1H3. The van der Waals surface area contributed by atoms with Gasteiger partial charge in [-0.3, -0.25) is 10.1 Å². The Labute approximate surface area is 130 Å². The third-order valence-corrected chi connectivity index (χ3v) is 3.67. The van der Waals surface area contributed by atoms with Gasteiger partial charge in [-0.15, -0.1) is 11.8 Å². The summed E-state index contributed by atoms with van der Waals surface area (Å²) in [7, 11) is 0. The van der Waals surface area contributed by atoms with Crippen molar-refractivity contribution in [2.45, 2.75) is 4.90 Å². The van der Waals surface area contributed by atoms with E-state index in [9.17, 15) is 15.4 Å². The molecule has 0 N–H and O–H groups in total. The lowest BCUT2D eigenvalue weighted by Crippen LogP contribution is -1.95. The maximum absolute atomic E-state index is 11.0. The fourth-order valence-electron chi connectivity index (χ4n) is 1.72. The van der Waals surface area contributed by atoms with E-state index in [2.05, 4.69) is 0 Å². The van der Waals surface area contributed by atoms with E-state index in [0.717, 1.165) is 4.90 Å². The zero-order valence-corrected chi connectivity index (χ0v) is 12.4. The molecule has 0 aliphatic carbocycles. The lowest BCUT2D eigenvalue weighted by molar-refractivity contribution is -0.385. The fraction of sp³-hybridized carbons (Fsp3) is 0.0714. The molecule has 0 heterocycles. The first-order valence-electron chi connectivity index (χ1n) is 5.75. The van der Waals surface area contributed by atoms with Gasteiger partial charge in [0.2, 0.25) is 5.75 Å². The largest absolute Gasteiger partial charge is 0.449 e. The lowest BCUT2D eigenvalue weighted by atomic mass is 10.2. The van der Waals surface area contributed by atoms with Gasteiger partial charge >= 0.3 is 5.69 Å². The van der Waals surface area contributed by atoms with Crippen molar-refractivity contribution >= 4 is 29.1 Å². The highest BCUT2D eigenvalue weighted by molar-refractivity contribution is 7.98. The van der Waals surface area contributed by atoms with Crippen LogP contribution in [-0.4, -0.2) is 11.2 Å². The molecule has 0 radical (unpaired) electrons. The third kappa shape index (κ3) is 3.27. The lowest BCUT2D eigenvalue weighted by Gasteiger charge is -2.10. The van der Waals surface area contributed by atoms with Gasteiger partial charge in [-0.05, 0) is 24.5 Å². The zero-order chi connectivity index (χ0) is 15.4. The average molecular weight is 321 g/mol. The molecule has 0 bridgehead atoms. The summed E-state index contributed by atoms with van der Waals surface area (Å²) in [5.74, 6) is 0.261. The first-order chi connectivity index (χ1) is 10.1. The molecule has 7 heteroatoms. The van der Waals surface area contributed by atoms with Crippen molar-refractivity contribution in [1.82, 2.24) is 0 Å². The van der Waals surface area contributed by atoms with Gasteiger partial charge in [0, 0.05) is 22.1 Å². The SMILES string of the molecule is CSc1cccc(Oc2cc(Cl)ccc2[N+](=O)[O-])c1C#N. The summed E-state index contributed by atoms with van der Waals surface area (Å²) < 4.78 is 5.55. The van der Waals surface area contributed by atoms with Crippen LogP contribution in [0.2, 0.25) is 5.02 Å². The molecule has 0 amide bonds. The van der Waals surface area contributed by atoms with Crippen LogP contribution >= 0.6 is 23.4 Å². The Bertz CT molecular complexity index is 743. The van der Waals surface area contributed by atoms with Crippen LogP contribution in [0.3, 0.4) is 0 Å². The van der Waals surface area contributed by atoms with Crippen molar-refractivity contribution in [1.29, 1.82) is 5.26 Å². The van der Waals surface area contributed by atoms with E-state index in [-0.39, 0.29) is 17.2 Å². The minimum atomic E-state index is -0.559. The van der Waals surface area contributed by atoms with Crippen molar-refractivity contribution in [2.24, 2.45) is 0 Å². The average Bonchev–Trinajstić information content (AvgIpc) is 2.46. The number of ether oxygens (including phenoxy) is 1. The van der Waals surface area contributed by atoms with E-state index < -0.39 is 4.92 Å². The van der Waals surface area contributed by atoms with Crippen LogP contribution in [0.15, 0.2) is 41.3 Å². The van der Waals surface area contributed by atoms with E-state index in [4.69, 9.17) is 16.3 Å². The second kappa shape index (κ2) is 6.48. The molecule has 106 valence electrons. The molecule has 0 aliphatic rings. The van der Waals surface area contributed by atoms with Gasteiger partial charge in [0.15, 0.2) is 0 Å². The Morgan fingerprint density at radius 2 is 2.10 bits per heavy atom.